The molecule has 0 aromatic heterocycles. The van der Waals surface area contributed by atoms with Gasteiger partial charge >= 0.3 is 5.97 Å². The molecule has 0 fully saturated rings. The van der Waals surface area contributed by atoms with Crippen LogP contribution in [-0.2, 0) is 14.3 Å². The lowest BCUT2D eigenvalue weighted by Gasteiger charge is -2.14. The first-order chi connectivity index (χ1) is 13.3. The third-order valence-electron chi connectivity index (χ3n) is 3.78. The van der Waals surface area contributed by atoms with Crippen LogP contribution < -0.4 is 15.4 Å². The Kier molecular flexibility index (Phi) is 7.40. The number of carbonyl (C=O) groups excluding carboxylic acids is 3. The summed E-state index contributed by atoms with van der Waals surface area (Å²) in [5.74, 6) is -1.20. The average molecular weight is 405 g/mol. The Morgan fingerprint density at radius 2 is 1.79 bits per heavy atom. The molecule has 0 radical (unpaired) electrons. The normalized spacial score (nSPS) is 11.3. The van der Waals surface area contributed by atoms with Crippen molar-refractivity contribution in [3.63, 3.8) is 0 Å². The Morgan fingerprint density at radius 1 is 1.11 bits per heavy atom. The molecule has 2 N–H and O–H groups in total. The van der Waals surface area contributed by atoms with Crippen LogP contribution >= 0.6 is 11.6 Å². The van der Waals surface area contributed by atoms with Crippen molar-refractivity contribution in [2.75, 3.05) is 19.0 Å². The number of halogens is 1. The summed E-state index contributed by atoms with van der Waals surface area (Å²) in [6.45, 7) is 2.86. The SMILES string of the molecule is COc1ccc(C)cc1NC(=O)COC(=O)[C@H](C)NC(=O)c1ccc(Cl)cc1. The molecule has 0 saturated heterocycles. The smallest absolute Gasteiger partial charge is 0.328 e. The van der Waals surface area contributed by atoms with Gasteiger partial charge in [0.25, 0.3) is 11.8 Å². The second-order valence-electron chi connectivity index (χ2n) is 6.06. The minimum atomic E-state index is -0.926. The first kappa shape index (κ1) is 21.2. The molecule has 148 valence electrons. The Morgan fingerprint density at radius 3 is 2.43 bits per heavy atom. The summed E-state index contributed by atoms with van der Waals surface area (Å²) in [4.78, 5) is 36.2. The molecule has 0 spiro atoms. The molecule has 7 nitrogen and oxygen atoms in total. The number of hydrogen-bond acceptors (Lipinski definition) is 5. The van der Waals surface area contributed by atoms with Gasteiger partial charge in [-0.3, -0.25) is 9.59 Å². The molecule has 0 bridgehead atoms. The highest BCUT2D eigenvalue weighted by molar-refractivity contribution is 6.30. The highest BCUT2D eigenvalue weighted by Gasteiger charge is 2.19. The van der Waals surface area contributed by atoms with Crippen LogP contribution in [-0.4, -0.2) is 37.5 Å². The summed E-state index contributed by atoms with van der Waals surface area (Å²) in [6.07, 6.45) is 0. The first-order valence-corrected chi connectivity index (χ1v) is 8.85. The van der Waals surface area contributed by atoms with Gasteiger partial charge in [0.1, 0.15) is 11.8 Å². The van der Waals surface area contributed by atoms with E-state index in [1.807, 2.05) is 13.0 Å². The molecule has 2 rings (SSSR count). The molecule has 0 aliphatic heterocycles. The maximum absolute atomic E-state index is 12.1. The van der Waals surface area contributed by atoms with E-state index in [0.29, 0.717) is 22.0 Å². The zero-order valence-electron chi connectivity index (χ0n) is 15.7. The van der Waals surface area contributed by atoms with E-state index in [1.54, 1.807) is 36.4 Å². The Hall–Kier alpha value is -3.06. The van der Waals surface area contributed by atoms with Crippen LogP contribution in [0.3, 0.4) is 0 Å². The van der Waals surface area contributed by atoms with Gasteiger partial charge in [-0.1, -0.05) is 17.7 Å². The van der Waals surface area contributed by atoms with Crippen LogP contribution in [0.15, 0.2) is 42.5 Å². The van der Waals surface area contributed by atoms with E-state index < -0.39 is 30.4 Å². The van der Waals surface area contributed by atoms with Crippen molar-refractivity contribution >= 4 is 35.1 Å². The Labute approximate surface area is 168 Å². The van der Waals surface area contributed by atoms with E-state index in [-0.39, 0.29) is 0 Å². The highest BCUT2D eigenvalue weighted by atomic mass is 35.5. The largest absolute Gasteiger partial charge is 0.495 e. The van der Waals surface area contributed by atoms with Gasteiger partial charge < -0.3 is 20.1 Å². The average Bonchev–Trinajstić information content (AvgIpc) is 2.66. The molecule has 2 aromatic rings. The molecular weight excluding hydrogens is 384 g/mol. The molecule has 0 aliphatic rings. The predicted octanol–water partition coefficient (Wildman–Crippen LogP) is 2.96. The van der Waals surface area contributed by atoms with Crippen molar-refractivity contribution in [2.24, 2.45) is 0 Å². The number of rotatable bonds is 7. The zero-order chi connectivity index (χ0) is 20.7. The number of amides is 2. The summed E-state index contributed by atoms with van der Waals surface area (Å²) in [5, 5.41) is 5.63. The van der Waals surface area contributed by atoms with Gasteiger partial charge in [0.05, 0.1) is 12.8 Å². The summed E-state index contributed by atoms with van der Waals surface area (Å²) in [5.41, 5.74) is 1.77. The molecule has 28 heavy (non-hydrogen) atoms. The van der Waals surface area contributed by atoms with E-state index in [1.165, 1.54) is 14.0 Å². The van der Waals surface area contributed by atoms with E-state index in [0.717, 1.165) is 5.56 Å². The number of anilines is 1. The minimum absolute atomic E-state index is 0.355. The van der Waals surface area contributed by atoms with E-state index >= 15 is 0 Å². The van der Waals surface area contributed by atoms with Crippen molar-refractivity contribution < 1.29 is 23.9 Å². The second kappa shape index (κ2) is 9.75. The van der Waals surface area contributed by atoms with Crippen molar-refractivity contribution in [3.8, 4) is 5.75 Å². The molecular formula is C20H21ClN2O5. The maximum atomic E-state index is 12.1. The molecule has 1 atom stereocenters. The van der Waals surface area contributed by atoms with E-state index in [4.69, 9.17) is 21.1 Å². The fourth-order valence-corrected chi connectivity index (χ4v) is 2.43. The standard InChI is InChI=1S/C20H21ClN2O5/c1-12-4-9-17(27-3)16(10-12)23-18(24)11-28-20(26)13(2)22-19(25)14-5-7-15(21)8-6-14/h4-10,13H,11H2,1-3H3,(H,22,25)(H,23,24)/t13-/m0/s1. The van der Waals surface area contributed by atoms with Crippen LogP contribution in [0.1, 0.15) is 22.8 Å². The molecule has 0 unspecified atom stereocenters. The number of carbonyl (C=O) groups is 3. The molecule has 0 aliphatic carbocycles. The Balaban J connectivity index is 1.85. The van der Waals surface area contributed by atoms with Crippen LogP contribution in [0.2, 0.25) is 5.02 Å². The fraction of sp³-hybridized carbons (Fsp3) is 0.250. The second-order valence-corrected chi connectivity index (χ2v) is 6.50. The first-order valence-electron chi connectivity index (χ1n) is 8.47. The van der Waals surface area contributed by atoms with Crippen molar-refractivity contribution in [1.29, 1.82) is 0 Å². The summed E-state index contributed by atoms with van der Waals surface area (Å²) < 4.78 is 10.1. The predicted molar refractivity (Wildman–Crippen MR) is 106 cm³/mol. The lowest BCUT2D eigenvalue weighted by molar-refractivity contribution is -0.148. The summed E-state index contributed by atoms with van der Waals surface area (Å²) in [6, 6.07) is 10.6. The zero-order valence-corrected chi connectivity index (χ0v) is 16.5. The summed E-state index contributed by atoms with van der Waals surface area (Å²) in [7, 11) is 1.49. The number of aryl methyl sites for hydroxylation is 1. The molecule has 0 heterocycles. The van der Waals surface area contributed by atoms with Gasteiger partial charge in [-0.15, -0.1) is 0 Å². The number of esters is 1. The topological polar surface area (TPSA) is 93.7 Å². The number of benzene rings is 2. The van der Waals surface area contributed by atoms with Crippen LogP contribution in [0.25, 0.3) is 0 Å². The molecule has 0 saturated carbocycles. The number of ether oxygens (including phenoxy) is 2. The van der Waals surface area contributed by atoms with Gasteiger partial charge in [-0.25, -0.2) is 4.79 Å². The third kappa shape index (κ3) is 5.99. The monoisotopic (exact) mass is 404 g/mol. The van der Waals surface area contributed by atoms with Crippen LogP contribution in [0.5, 0.6) is 5.75 Å². The number of hydrogen-bond donors (Lipinski definition) is 2. The minimum Gasteiger partial charge on any atom is -0.495 e. The van der Waals surface area contributed by atoms with Crippen molar-refractivity contribution in [1.82, 2.24) is 5.32 Å². The van der Waals surface area contributed by atoms with Crippen LogP contribution in [0, 0.1) is 6.92 Å². The van der Waals surface area contributed by atoms with Gasteiger partial charge in [0.15, 0.2) is 6.61 Å². The van der Waals surface area contributed by atoms with E-state index in [2.05, 4.69) is 10.6 Å². The van der Waals surface area contributed by atoms with Crippen LogP contribution in [0.4, 0.5) is 5.69 Å². The van der Waals surface area contributed by atoms with Crippen molar-refractivity contribution in [3.05, 3.63) is 58.6 Å². The lowest BCUT2D eigenvalue weighted by Crippen LogP contribution is -2.40. The third-order valence-corrected chi connectivity index (χ3v) is 4.03. The van der Waals surface area contributed by atoms with Gasteiger partial charge in [-0.05, 0) is 55.8 Å². The van der Waals surface area contributed by atoms with Crippen molar-refractivity contribution in [2.45, 2.75) is 19.9 Å². The number of methoxy groups -OCH3 is 1. The fourth-order valence-electron chi connectivity index (χ4n) is 2.31. The van der Waals surface area contributed by atoms with Gasteiger partial charge in [0, 0.05) is 10.6 Å². The molecule has 8 heteroatoms. The quantitative estimate of drug-likeness (QED) is 0.692. The highest BCUT2D eigenvalue weighted by Crippen LogP contribution is 2.25. The van der Waals surface area contributed by atoms with Gasteiger partial charge in [0.2, 0.25) is 0 Å². The Bertz CT molecular complexity index is 867. The molecule has 2 amide bonds. The van der Waals surface area contributed by atoms with E-state index in [9.17, 15) is 14.4 Å². The van der Waals surface area contributed by atoms with Gasteiger partial charge in [-0.2, -0.15) is 0 Å². The number of nitrogens with one attached hydrogen (secondary N) is 2. The lowest BCUT2D eigenvalue weighted by atomic mass is 10.2. The summed E-state index contributed by atoms with van der Waals surface area (Å²) >= 11 is 5.78. The maximum Gasteiger partial charge on any atom is 0.328 e. The molecule has 2 aromatic carbocycles.